The van der Waals surface area contributed by atoms with Crippen molar-refractivity contribution in [1.82, 2.24) is 9.80 Å². The van der Waals surface area contributed by atoms with Crippen molar-refractivity contribution in [1.29, 1.82) is 0 Å². The number of hydrogen-bond donors (Lipinski definition) is 1. The number of hydrogen-bond acceptors (Lipinski definition) is 4. The Kier molecular flexibility index (Phi) is 5.97. The van der Waals surface area contributed by atoms with E-state index in [0.29, 0.717) is 12.5 Å². The lowest BCUT2D eigenvalue weighted by Crippen LogP contribution is -2.44. The van der Waals surface area contributed by atoms with Gasteiger partial charge in [-0.05, 0) is 30.2 Å². The normalized spacial score (nSPS) is 18.4. The predicted octanol–water partition coefficient (Wildman–Crippen LogP) is 1.85. The van der Waals surface area contributed by atoms with Crippen LogP contribution >= 0.6 is 11.3 Å². The highest BCUT2D eigenvalue weighted by Gasteiger charge is 2.31. The van der Waals surface area contributed by atoms with Crippen LogP contribution in [0.25, 0.3) is 0 Å². The van der Waals surface area contributed by atoms with Crippen LogP contribution in [0.3, 0.4) is 0 Å². The van der Waals surface area contributed by atoms with Gasteiger partial charge in [0.15, 0.2) is 0 Å². The Labute approximate surface area is 136 Å². The number of amides is 2. The van der Waals surface area contributed by atoms with Crippen LogP contribution in [0.2, 0.25) is 0 Å². The number of carbonyl (C=O) groups is 2. The van der Waals surface area contributed by atoms with E-state index < -0.39 is 0 Å². The average molecular weight is 323 g/mol. The van der Waals surface area contributed by atoms with Crippen molar-refractivity contribution in [3.05, 3.63) is 22.4 Å². The zero-order chi connectivity index (χ0) is 16.1. The van der Waals surface area contributed by atoms with E-state index in [1.807, 2.05) is 15.9 Å². The van der Waals surface area contributed by atoms with E-state index in [4.69, 9.17) is 5.73 Å². The van der Waals surface area contributed by atoms with Crippen LogP contribution in [-0.4, -0.2) is 47.8 Å². The van der Waals surface area contributed by atoms with Gasteiger partial charge >= 0.3 is 0 Å². The molecule has 6 heteroatoms. The summed E-state index contributed by atoms with van der Waals surface area (Å²) in [5.74, 6) is 0.0984. The molecule has 0 saturated carbocycles. The molecule has 0 bridgehead atoms. The van der Waals surface area contributed by atoms with Crippen molar-refractivity contribution in [2.75, 3.05) is 26.2 Å². The van der Waals surface area contributed by atoms with E-state index >= 15 is 0 Å². The van der Waals surface area contributed by atoms with Crippen LogP contribution in [0.1, 0.15) is 37.6 Å². The number of likely N-dealkylation sites (tertiary alicyclic amines) is 1. The van der Waals surface area contributed by atoms with E-state index in [-0.39, 0.29) is 30.9 Å². The molecule has 0 spiro atoms. The largest absolute Gasteiger partial charge is 0.369 e. The van der Waals surface area contributed by atoms with E-state index in [1.165, 1.54) is 4.88 Å². The van der Waals surface area contributed by atoms with Crippen LogP contribution in [0.4, 0.5) is 0 Å². The third-order valence-electron chi connectivity index (χ3n) is 3.81. The molecular formula is C16H25N3O2S. The fraction of sp³-hybridized carbons (Fsp3) is 0.625. The molecule has 0 radical (unpaired) electrons. The first-order valence-corrected chi connectivity index (χ1v) is 8.69. The van der Waals surface area contributed by atoms with Gasteiger partial charge in [-0.15, -0.1) is 11.3 Å². The SMILES string of the molecule is CC(C)CN(CC(N)=O)CC(=O)N1CCC[C@@H]1c1cccs1. The van der Waals surface area contributed by atoms with Gasteiger partial charge in [-0.3, -0.25) is 14.5 Å². The quantitative estimate of drug-likeness (QED) is 0.833. The zero-order valence-corrected chi connectivity index (χ0v) is 14.1. The third kappa shape index (κ3) is 4.55. The number of thiophene rings is 1. The van der Waals surface area contributed by atoms with Crippen molar-refractivity contribution in [3.8, 4) is 0 Å². The maximum Gasteiger partial charge on any atom is 0.237 e. The zero-order valence-electron chi connectivity index (χ0n) is 13.3. The van der Waals surface area contributed by atoms with Gasteiger partial charge in [-0.25, -0.2) is 0 Å². The van der Waals surface area contributed by atoms with Gasteiger partial charge in [-0.1, -0.05) is 19.9 Å². The molecule has 22 heavy (non-hydrogen) atoms. The maximum absolute atomic E-state index is 12.7. The molecule has 2 N–H and O–H groups in total. The van der Waals surface area contributed by atoms with Crippen molar-refractivity contribution < 1.29 is 9.59 Å². The van der Waals surface area contributed by atoms with Crippen molar-refractivity contribution >= 4 is 23.2 Å². The van der Waals surface area contributed by atoms with E-state index in [2.05, 4.69) is 25.3 Å². The molecule has 1 fully saturated rings. The molecule has 0 unspecified atom stereocenters. The van der Waals surface area contributed by atoms with E-state index in [9.17, 15) is 9.59 Å². The standard InChI is InChI=1S/C16H25N3O2S/c1-12(2)9-18(10-15(17)20)11-16(21)19-7-3-5-13(19)14-6-4-8-22-14/h4,6,8,12-13H,3,5,7,9-11H2,1-2H3,(H2,17,20)/t13-/m1/s1. The Bertz CT molecular complexity index is 501. The van der Waals surface area contributed by atoms with Crippen LogP contribution in [0.15, 0.2) is 17.5 Å². The molecule has 2 amide bonds. The molecule has 122 valence electrons. The molecule has 1 aromatic rings. The summed E-state index contributed by atoms with van der Waals surface area (Å²) in [5, 5.41) is 2.05. The van der Waals surface area contributed by atoms with Gasteiger partial charge in [0.25, 0.3) is 0 Å². The van der Waals surface area contributed by atoms with Crippen LogP contribution < -0.4 is 5.73 Å². The molecule has 0 aliphatic carbocycles. The molecule has 1 aliphatic heterocycles. The second kappa shape index (κ2) is 7.74. The minimum absolute atomic E-state index is 0.0952. The summed E-state index contributed by atoms with van der Waals surface area (Å²) in [6.07, 6.45) is 2.06. The number of carbonyl (C=O) groups excluding carboxylic acids is 2. The predicted molar refractivity (Wildman–Crippen MR) is 88.5 cm³/mol. The first-order chi connectivity index (χ1) is 10.5. The Morgan fingerprint density at radius 1 is 1.45 bits per heavy atom. The maximum atomic E-state index is 12.7. The van der Waals surface area contributed by atoms with E-state index in [0.717, 1.165) is 19.4 Å². The average Bonchev–Trinajstić information content (AvgIpc) is 3.08. The fourth-order valence-corrected chi connectivity index (χ4v) is 3.92. The Hall–Kier alpha value is -1.40. The highest BCUT2D eigenvalue weighted by molar-refractivity contribution is 7.10. The first-order valence-electron chi connectivity index (χ1n) is 7.81. The number of rotatable bonds is 7. The second-order valence-corrected chi connectivity index (χ2v) is 7.27. The molecule has 1 aromatic heterocycles. The van der Waals surface area contributed by atoms with Gasteiger partial charge in [0.1, 0.15) is 0 Å². The Balaban J connectivity index is 2.00. The summed E-state index contributed by atoms with van der Waals surface area (Å²) in [6.45, 7) is 6.05. The third-order valence-corrected chi connectivity index (χ3v) is 4.78. The molecule has 2 heterocycles. The highest BCUT2D eigenvalue weighted by Crippen LogP contribution is 2.34. The topological polar surface area (TPSA) is 66.6 Å². The summed E-state index contributed by atoms with van der Waals surface area (Å²) in [6, 6.07) is 4.32. The molecule has 1 atom stereocenters. The summed E-state index contributed by atoms with van der Waals surface area (Å²) < 4.78 is 0. The first kappa shape index (κ1) is 17.0. The van der Waals surface area contributed by atoms with Gasteiger partial charge in [0.2, 0.25) is 11.8 Å². The second-order valence-electron chi connectivity index (χ2n) is 6.29. The lowest BCUT2D eigenvalue weighted by molar-refractivity contribution is -0.133. The summed E-state index contributed by atoms with van der Waals surface area (Å²) >= 11 is 1.70. The molecule has 5 nitrogen and oxygen atoms in total. The minimum atomic E-state index is -0.385. The molecule has 0 aromatic carbocycles. The summed E-state index contributed by atoms with van der Waals surface area (Å²) in [5.41, 5.74) is 5.30. The summed E-state index contributed by atoms with van der Waals surface area (Å²) in [7, 11) is 0. The monoisotopic (exact) mass is 323 g/mol. The number of primary amides is 1. The van der Waals surface area contributed by atoms with Crippen molar-refractivity contribution in [2.45, 2.75) is 32.7 Å². The highest BCUT2D eigenvalue weighted by atomic mass is 32.1. The lowest BCUT2D eigenvalue weighted by atomic mass is 10.2. The molecular weight excluding hydrogens is 298 g/mol. The molecule has 1 aliphatic rings. The number of nitrogens with two attached hydrogens (primary N) is 1. The van der Waals surface area contributed by atoms with Gasteiger partial charge in [0.05, 0.1) is 19.1 Å². The molecule has 1 saturated heterocycles. The smallest absolute Gasteiger partial charge is 0.237 e. The van der Waals surface area contributed by atoms with Crippen LogP contribution in [-0.2, 0) is 9.59 Å². The Morgan fingerprint density at radius 3 is 2.82 bits per heavy atom. The van der Waals surface area contributed by atoms with Gasteiger partial charge in [-0.2, -0.15) is 0 Å². The minimum Gasteiger partial charge on any atom is -0.369 e. The Morgan fingerprint density at radius 2 is 2.23 bits per heavy atom. The number of nitrogens with zero attached hydrogens (tertiary/aromatic N) is 2. The fourth-order valence-electron chi connectivity index (χ4n) is 3.05. The summed E-state index contributed by atoms with van der Waals surface area (Å²) in [4.78, 5) is 28.9. The lowest BCUT2D eigenvalue weighted by Gasteiger charge is -2.28. The van der Waals surface area contributed by atoms with Crippen molar-refractivity contribution in [3.63, 3.8) is 0 Å². The molecule has 2 rings (SSSR count). The van der Waals surface area contributed by atoms with Crippen LogP contribution in [0, 0.1) is 5.92 Å². The van der Waals surface area contributed by atoms with Crippen LogP contribution in [0.5, 0.6) is 0 Å². The van der Waals surface area contributed by atoms with Gasteiger partial charge < -0.3 is 10.6 Å². The van der Waals surface area contributed by atoms with Crippen molar-refractivity contribution in [2.24, 2.45) is 11.7 Å². The van der Waals surface area contributed by atoms with E-state index in [1.54, 1.807) is 11.3 Å². The van der Waals surface area contributed by atoms with Gasteiger partial charge in [0, 0.05) is 18.0 Å².